The molecule has 0 rings (SSSR count). The molecule has 0 N–H and O–H groups in total. The molecule has 0 amide bonds. The summed E-state index contributed by atoms with van der Waals surface area (Å²) in [5.74, 6) is 0.623. The summed E-state index contributed by atoms with van der Waals surface area (Å²) in [5.41, 5.74) is 1.38. The predicted molar refractivity (Wildman–Crippen MR) is 48.5 cm³/mol. The second-order valence-electron chi connectivity index (χ2n) is 3.24. The second kappa shape index (κ2) is 4.79. The van der Waals surface area contributed by atoms with Gasteiger partial charge in [0.05, 0.1) is 0 Å². The molecule has 60 valence electrons. The standard InChI is InChI=1S/C9H17Cl/c1-7(2)5-8(3)6-9(4)10/h5,8-9H,6H2,1-4H3/t8-,9-/m0/s1. The molecular weight excluding hydrogens is 144 g/mol. The molecule has 10 heavy (non-hydrogen) atoms. The van der Waals surface area contributed by atoms with Gasteiger partial charge in [0, 0.05) is 5.38 Å². The van der Waals surface area contributed by atoms with E-state index in [9.17, 15) is 0 Å². The Morgan fingerprint density at radius 1 is 1.40 bits per heavy atom. The Morgan fingerprint density at radius 2 is 1.90 bits per heavy atom. The van der Waals surface area contributed by atoms with Crippen molar-refractivity contribution in [1.82, 2.24) is 0 Å². The van der Waals surface area contributed by atoms with Crippen LogP contribution in [0.5, 0.6) is 0 Å². The van der Waals surface area contributed by atoms with Crippen LogP contribution in [0.4, 0.5) is 0 Å². The SMILES string of the molecule is CC(C)=C[C@H](C)C[C@H](C)Cl. The van der Waals surface area contributed by atoms with Crippen LogP contribution in [0.15, 0.2) is 11.6 Å². The summed E-state index contributed by atoms with van der Waals surface area (Å²) in [4.78, 5) is 0. The Hall–Kier alpha value is 0.0300. The molecule has 0 radical (unpaired) electrons. The molecule has 0 aliphatic carbocycles. The van der Waals surface area contributed by atoms with Gasteiger partial charge in [0.2, 0.25) is 0 Å². The summed E-state index contributed by atoms with van der Waals surface area (Å²) < 4.78 is 0. The van der Waals surface area contributed by atoms with Gasteiger partial charge in [-0.2, -0.15) is 0 Å². The molecule has 0 bridgehead atoms. The van der Waals surface area contributed by atoms with Crippen molar-refractivity contribution in [2.75, 3.05) is 0 Å². The van der Waals surface area contributed by atoms with Gasteiger partial charge in [0.15, 0.2) is 0 Å². The summed E-state index contributed by atoms with van der Waals surface area (Å²) in [6.07, 6.45) is 3.34. The maximum absolute atomic E-state index is 5.83. The highest BCUT2D eigenvalue weighted by atomic mass is 35.5. The Labute approximate surface area is 69.3 Å². The van der Waals surface area contributed by atoms with Crippen LogP contribution in [0.2, 0.25) is 0 Å². The largest absolute Gasteiger partial charge is 0.123 e. The molecule has 0 aromatic carbocycles. The molecule has 0 aliphatic rings. The lowest BCUT2D eigenvalue weighted by Crippen LogP contribution is -1.99. The number of allylic oxidation sites excluding steroid dienone is 2. The third kappa shape index (κ3) is 6.15. The smallest absolute Gasteiger partial charge is 0.0313 e. The van der Waals surface area contributed by atoms with Crippen molar-refractivity contribution in [2.24, 2.45) is 5.92 Å². The minimum absolute atomic E-state index is 0.297. The fraction of sp³-hybridized carbons (Fsp3) is 0.778. The lowest BCUT2D eigenvalue weighted by Gasteiger charge is -2.07. The van der Waals surface area contributed by atoms with Crippen molar-refractivity contribution >= 4 is 11.6 Å². The van der Waals surface area contributed by atoms with Gasteiger partial charge in [0.25, 0.3) is 0 Å². The van der Waals surface area contributed by atoms with Gasteiger partial charge in [-0.25, -0.2) is 0 Å². The number of hydrogen-bond acceptors (Lipinski definition) is 0. The van der Waals surface area contributed by atoms with Crippen molar-refractivity contribution in [3.05, 3.63) is 11.6 Å². The van der Waals surface area contributed by atoms with Crippen LogP contribution in [0.25, 0.3) is 0 Å². The van der Waals surface area contributed by atoms with E-state index in [4.69, 9.17) is 11.6 Å². The van der Waals surface area contributed by atoms with Crippen molar-refractivity contribution in [3.63, 3.8) is 0 Å². The van der Waals surface area contributed by atoms with Gasteiger partial charge < -0.3 is 0 Å². The average Bonchev–Trinajstić information content (AvgIpc) is 1.58. The van der Waals surface area contributed by atoms with Crippen molar-refractivity contribution < 1.29 is 0 Å². The van der Waals surface area contributed by atoms with Crippen LogP contribution in [0, 0.1) is 5.92 Å². The predicted octanol–water partition coefficient (Wildman–Crippen LogP) is 3.61. The quantitative estimate of drug-likeness (QED) is 0.437. The van der Waals surface area contributed by atoms with Gasteiger partial charge in [-0.15, -0.1) is 11.6 Å². The van der Waals surface area contributed by atoms with E-state index in [2.05, 4.69) is 26.8 Å². The van der Waals surface area contributed by atoms with Crippen LogP contribution >= 0.6 is 11.6 Å². The molecule has 0 saturated carbocycles. The zero-order valence-electron chi connectivity index (χ0n) is 7.32. The Morgan fingerprint density at radius 3 is 2.20 bits per heavy atom. The van der Waals surface area contributed by atoms with Gasteiger partial charge in [-0.3, -0.25) is 0 Å². The van der Waals surface area contributed by atoms with E-state index in [0.717, 1.165) is 6.42 Å². The molecule has 0 saturated heterocycles. The van der Waals surface area contributed by atoms with Crippen molar-refractivity contribution in [1.29, 1.82) is 0 Å². The van der Waals surface area contributed by atoms with E-state index >= 15 is 0 Å². The van der Waals surface area contributed by atoms with E-state index in [1.807, 2.05) is 6.92 Å². The van der Waals surface area contributed by atoms with Crippen LogP contribution < -0.4 is 0 Å². The monoisotopic (exact) mass is 160 g/mol. The Kier molecular flexibility index (Phi) is 4.80. The first-order valence-electron chi connectivity index (χ1n) is 3.81. The summed E-state index contributed by atoms with van der Waals surface area (Å²) in [7, 11) is 0. The molecule has 0 heterocycles. The first kappa shape index (κ1) is 10.0. The minimum atomic E-state index is 0.297. The van der Waals surface area contributed by atoms with Crippen LogP contribution in [0.3, 0.4) is 0 Å². The van der Waals surface area contributed by atoms with E-state index in [-0.39, 0.29) is 0 Å². The first-order chi connectivity index (χ1) is 4.52. The fourth-order valence-electron chi connectivity index (χ4n) is 1.15. The summed E-state index contributed by atoms with van der Waals surface area (Å²) >= 11 is 5.83. The molecular formula is C9H17Cl. The van der Waals surface area contributed by atoms with Gasteiger partial charge in [-0.1, -0.05) is 18.6 Å². The fourth-order valence-corrected chi connectivity index (χ4v) is 1.43. The number of rotatable bonds is 3. The maximum atomic E-state index is 5.83. The molecule has 0 unspecified atom stereocenters. The first-order valence-corrected chi connectivity index (χ1v) is 4.25. The van der Waals surface area contributed by atoms with E-state index < -0.39 is 0 Å². The highest BCUT2D eigenvalue weighted by Crippen LogP contribution is 2.13. The lowest BCUT2D eigenvalue weighted by atomic mass is 10.0. The zero-order chi connectivity index (χ0) is 8.15. The van der Waals surface area contributed by atoms with Crippen LogP contribution in [-0.4, -0.2) is 5.38 Å². The van der Waals surface area contributed by atoms with E-state index in [0.29, 0.717) is 11.3 Å². The molecule has 0 spiro atoms. The number of hydrogen-bond donors (Lipinski definition) is 0. The van der Waals surface area contributed by atoms with Crippen molar-refractivity contribution in [3.8, 4) is 0 Å². The molecule has 0 nitrogen and oxygen atoms in total. The second-order valence-corrected chi connectivity index (χ2v) is 3.98. The number of halogens is 1. The maximum Gasteiger partial charge on any atom is 0.0313 e. The molecule has 2 atom stereocenters. The highest BCUT2D eigenvalue weighted by molar-refractivity contribution is 6.20. The molecule has 0 fully saturated rings. The van der Waals surface area contributed by atoms with Crippen molar-refractivity contribution in [2.45, 2.75) is 39.5 Å². The third-order valence-corrected chi connectivity index (χ3v) is 1.49. The summed E-state index contributed by atoms with van der Waals surface area (Å²) in [5, 5.41) is 0.297. The third-order valence-electron chi connectivity index (χ3n) is 1.31. The van der Waals surface area contributed by atoms with Crippen LogP contribution in [0.1, 0.15) is 34.1 Å². The van der Waals surface area contributed by atoms with E-state index in [1.54, 1.807) is 0 Å². The highest BCUT2D eigenvalue weighted by Gasteiger charge is 2.01. The molecule has 0 aromatic heterocycles. The topological polar surface area (TPSA) is 0 Å². The Balaban J connectivity index is 3.64. The Bertz CT molecular complexity index is 110. The van der Waals surface area contributed by atoms with Gasteiger partial charge in [-0.05, 0) is 33.1 Å². The number of alkyl halides is 1. The average molecular weight is 161 g/mol. The van der Waals surface area contributed by atoms with Crippen LogP contribution in [-0.2, 0) is 0 Å². The van der Waals surface area contributed by atoms with E-state index in [1.165, 1.54) is 5.57 Å². The van der Waals surface area contributed by atoms with Gasteiger partial charge >= 0.3 is 0 Å². The molecule has 1 heteroatoms. The molecule has 0 aromatic rings. The normalized spacial score (nSPS) is 16.1. The summed E-state index contributed by atoms with van der Waals surface area (Å²) in [6.45, 7) is 8.48. The zero-order valence-corrected chi connectivity index (χ0v) is 8.07. The van der Waals surface area contributed by atoms with Gasteiger partial charge in [0.1, 0.15) is 0 Å². The minimum Gasteiger partial charge on any atom is -0.123 e. The molecule has 0 aliphatic heterocycles. The summed E-state index contributed by atoms with van der Waals surface area (Å²) in [6, 6.07) is 0. The lowest BCUT2D eigenvalue weighted by molar-refractivity contribution is 0.636.